The second kappa shape index (κ2) is 6.25. The van der Waals surface area contributed by atoms with Gasteiger partial charge in [0.2, 0.25) is 0 Å². The summed E-state index contributed by atoms with van der Waals surface area (Å²) in [6.45, 7) is 8.46. The molecule has 4 aliphatic rings. The SMILES string of the molecule is CO[C@@H]1[C@@H](C)[C@@]2(O)C(C=C(CO)C[C@]3(O)C(=O)C(C)=C[C@@H]23)[C@@H]2C(C)(C)[C@]12OC(C)=O. The number of Topliss-reactive ketones (excluding diaryl/α,β-unsaturated/α-hetero) is 1. The predicted octanol–water partition coefficient (Wildman–Crippen LogP) is 1.15. The molecule has 0 heterocycles. The fraction of sp³-hybridized carbons (Fsp3) is 0.739. The number of aliphatic hydroxyl groups excluding tert-OH is 1. The topological polar surface area (TPSA) is 113 Å². The molecule has 0 aromatic carbocycles. The summed E-state index contributed by atoms with van der Waals surface area (Å²) >= 11 is 0. The lowest BCUT2D eigenvalue weighted by Gasteiger charge is -2.53. The van der Waals surface area contributed by atoms with Crippen molar-refractivity contribution in [2.24, 2.45) is 29.1 Å². The highest BCUT2D eigenvalue weighted by Gasteiger charge is 2.87. The van der Waals surface area contributed by atoms with Crippen molar-refractivity contribution in [2.45, 2.75) is 63.9 Å². The zero-order valence-corrected chi connectivity index (χ0v) is 18.4. The number of hydrogen-bond donors (Lipinski definition) is 3. The van der Waals surface area contributed by atoms with Gasteiger partial charge in [-0.25, -0.2) is 0 Å². The maximum Gasteiger partial charge on any atom is 0.303 e. The number of fused-ring (bicyclic) bond motifs is 5. The number of hydrogen-bond acceptors (Lipinski definition) is 7. The number of ketones is 1. The third kappa shape index (κ3) is 2.24. The fourth-order valence-electron chi connectivity index (χ4n) is 7.25. The molecule has 0 aromatic heterocycles. The highest BCUT2D eigenvalue weighted by atomic mass is 16.6. The molecule has 0 radical (unpaired) electrons. The average Bonchev–Trinajstić information content (AvgIpc) is 3.07. The van der Waals surface area contributed by atoms with Gasteiger partial charge in [-0.1, -0.05) is 32.9 Å². The Hall–Kier alpha value is -1.54. The van der Waals surface area contributed by atoms with Crippen molar-refractivity contribution >= 4 is 11.8 Å². The van der Waals surface area contributed by atoms with E-state index in [1.54, 1.807) is 19.1 Å². The largest absolute Gasteiger partial charge is 0.456 e. The van der Waals surface area contributed by atoms with Gasteiger partial charge in [-0.2, -0.15) is 0 Å². The summed E-state index contributed by atoms with van der Waals surface area (Å²) in [5.74, 6) is -3.10. The smallest absolute Gasteiger partial charge is 0.303 e. The van der Waals surface area contributed by atoms with Gasteiger partial charge in [0.25, 0.3) is 0 Å². The standard InChI is InChI=1S/C23H32O7/c1-11-7-16-21(27,18(11)26)9-14(10-24)8-15-17-20(4,5)23(17,30-13(3)25)19(29-6)12(2)22(15,16)28/h7-8,12,15-17,19,24,27-28H,9-10H2,1-6H3/t12-,15?,16-,17-,19-,21-,22-,23-/m1/s1. The quantitative estimate of drug-likeness (QED) is 0.464. The van der Waals surface area contributed by atoms with Crippen LogP contribution in [-0.4, -0.2) is 63.7 Å². The lowest BCUT2D eigenvalue weighted by molar-refractivity contribution is -0.224. The Morgan fingerprint density at radius 1 is 1.27 bits per heavy atom. The van der Waals surface area contributed by atoms with Crippen LogP contribution in [0.1, 0.15) is 41.0 Å². The number of esters is 1. The van der Waals surface area contributed by atoms with Crippen LogP contribution in [0, 0.1) is 29.1 Å². The van der Waals surface area contributed by atoms with Crippen molar-refractivity contribution in [3.8, 4) is 0 Å². The molecule has 0 saturated heterocycles. The van der Waals surface area contributed by atoms with Crippen LogP contribution in [0.4, 0.5) is 0 Å². The van der Waals surface area contributed by atoms with Gasteiger partial charge >= 0.3 is 5.97 Å². The summed E-state index contributed by atoms with van der Waals surface area (Å²) in [4.78, 5) is 25.0. The molecule has 0 amide bonds. The minimum atomic E-state index is -1.82. The maximum atomic E-state index is 12.9. The normalized spacial score (nSPS) is 48.6. The summed E-state index contributed by atoms with van der Waals surface area (Å²) in [6.07, 6.45) is 2.80. The number of aliphatic hydroxyl groups is 3. The minimum Gasteiger partial charge on any atom is -0.456 e. The van der Waals surface area contributed by atoms with Crippen molar-refractivity contribution in [1.29, 1.82) is 0 Å². The van der Waals surface area contributed by atoms with Crippen LogP contribution in [0.2, 0.25) is 0 Å². The van der Waals surface area contributed by atoms with Gasteiger partial charge in [-0.3, -0.25) is 9.59 Å². The molecule has 2 saturated carbocycles. The van der Waals surface area contributed by atoms with Crippen LogP contribution in [-0.2, 0) is 19.1 Å². The van der Waals surface area contributed by atoms with E-state index in [1.807, 2.05) is 20.8 Å². The molecule has 1 unspecified atom stereocenters. The number of carbonyl (C=O) groups is 2. The van der Waals surface area contributed by atoms with Gasteiger partial charge in [0.1, 0.15) is 17.3 Å². The second-order valence-corrected chi connectivity index (χ2v) is 10.2. The average molecular weight is 421 g/mol. The number of carbonyl (C=O) groups excluding carboxylic acids is 2. The Morgan fingerprint density at radius 3 is 2.43 bits per heavy atom. The van der Waals surface area contributed by atoms with Gasteiger partial charge in [0.15, 0.2) is 5.78 Å². The molecule has 3 N–H and O–H groups in total. The highest BCUT2D eigenvalue weighted by molar-refractivity contribution is 6.04. The van der Waals surface area contributed by atoms with Crippen molar-refractivity contribution in [3.63, 3.8) is 0 Å². The first kappa shape index (κ1) is 21.7. The van der Waals surface area contributed by atoms with Crippen molar-refractivity contribution in [3.05, 3.63) is 23.3 Å². The van der Waals surface area contributed by atoms with E-state index in [0.29, 0.717) is 11.1 Å². The van der Waals surface area contributed by atoms with Crippen molar-refractivity contribution < 1.29 is 34.4 Å². The van der Waals surface area contributed by atoms with Gasteiger partial charge in [-0.15, -0.1) is 0 Å². The molecule has 2 fully saturated rings. The van der Waals surface area contributed by atoms with E-state index in [2.05, 4.69) is 0 Å². The number of methoxy groups -OCH3 is 1. The van der Waals surface area contributed by atoms with E-state index in [-0.39, 0.29) is 18.9 Å². The molecule has 0 aromatic rings. The molecule has 4 aliphatic carbocycles. The number of ether oxygens (including phenoxy) is 2. The molecular formula is C23H32O7. The molecule has 166 valence electrons. The summed E-state index contributed by atoms with van der Waals surface area (Å²) in [7, 11) is 1.53. The molecule has 0 spiro atoms. The molecule has 0 bridgehead atoms. The zero-order chi connectivity index (χ0) is 22.4. The van der Waals surface area contributed by atoms with Crippen LogP contribution in [0.15, 0.2) is 23.3 Å². The van der Waals surface area contributed by atoms with Crippen LogP contribution < -0.4 is 0 Å². The van der Waals surface area contributed by atoms with Crippen LogP contribution in [0.3, 0.4) is 0 Å². The molecule has 7 nitrogen and oxygen atoms in total. The lowest BCUT2D eigenvalue weighted by Crippen LogP contribution is -2.65. The van der Waals surface area contributed by atoms with E-state index in [9.17, 15) is 24.9 Å². The molecule has 7 heteroatoms. The second-order valence-electron chi connectivity index (χ2n) is 10.2. The van der Waals surface area contributed by atoms with Crippen LogP contribution >= 0.6 is 0 Å². The Bertz CT molecular complexity index is 873. The summed E-state index contributed by atoms with van der Waals surface area (Å²) in [6, 6.07) is 0. The Morgan fingerprint density at radius 2 is 1.90 bits per heavy atom. The summed E-state index contributed by atoms with van der Waals surface area (Å²) in [5, 5.41) is 33.8. The molecule has 8 atom stereocenters. The molecule has 30 heavy (non-hydrogen) atoms. The summed E-state index contributed by atoms with van der Waals surface area (Å²) in [5.41, 5.74) is -3.89. The van der Waals surface area contributed by atoms with Crippen molar-refractivity contribution in [2.75, 3.05) is 13.7 Å². The Kier molecular flexibility index (Phi) is 4.52. The fourth-order valence-corrected chi connectivity index (χ4v) is 7.25. The van der Waals surface area contributed by atoms with E-state index in [0.717, 1.165) is 0 Å². The maximum absolute atomic E-state index is 12.9. The van der Waals surface area contributed by atoms with Gasteiger partial charge in [0, 0.05) is 49.5 Å². The first-order valence-electron chi connectivity index (χ1n) is 10.5. The minimum absolute atomic E-state index is 0.0439. The third-order valence-corrected chi connectivity index (χ3v) is 8.52. The van der Waals surface area contributed by atoms with Gasteiger partial charge in [0.05, 0.1) is 12.2 Å². The zero-order valence-electron chi connectivity index (χ0n) is 18.4. The Balaban J connectivity index is 1.96. The highest BCUT2D eigenvalue weighted by Crippen LogP contribution is 2.77. The van der Waals surface area contributed by atoms with E-state index < -0.39 is 57.8 Å². The van der Waals surface area contributed by atoms with E-state index >= 15 is 0 Å². The monoisotopic (exact) mass is 420 g/mol. The van der Waals surface area contributed by atoms with Gasteiger partial charge in [-0.05, 0) is 18.1 Å². The van der Waals surface area contributed by atoms with E-state index in [4.69, 9.17) is 9.47 Å². The molecular weight excluding hydrogens is 388 g/mol. The van der Waals surface area contributed by atoms with Crippen LogP contribution in [0.25, 0.3) is 0 Å². The lowest BCUT2D eigenvalue weighted by atomic mass is 9.59. The van der Waals surface area contributed by atoms with Gasteiger partial charge < -0.3 is 24.8 Å². The van der Waals surface area contributed by atoms with E-state index in [1.165, 1.54) is 14.0 Å². The van der Waals surface area contributed by atoms with Crippen molar-refractivity contribution in [1.82, 2.24) is 0 Å². The van der Waals surface area contributed by atoms with Crippen LogP contribution in [0.5, 0.6) is 0 Å². The summed E-state index contributed by atoms with van der Waals surface area (Å²) < 4.78 is 11.8. The first-order valence-corrected chi connectivity index (χ1v) is 10.5. The molecule has 4 rings (SSSR count). The third-order valence-electron chi connectivity index (χ3n) is 8.52. The number of rotatable bonds is 3. The first-order chi connectivity index (χ1) is 13.8. The Labute approximate surface area is 176 Å². The predicted molar refractivity (Wildman–Crippen MR) is 107 cm³/mol. The molecule has 0 aliphatic heterocycles.